The second kappa shape index (κ2) is 10.4. The van der Waals surface area contributed by atoms with E-state index in [2.05, 4.69) is 39.5 Å². The van der Waals surface area contributed by atoms with Crippen LogP contribution in [0.2, 0.25) is 0 Å². The van der Waals surface area contributed by atoms with Gasteiger partial charge in [-0.25, -0.2) is 4.79 Å². The number of ether oxygens (including phenoxy) is 1. The first-order valence-electron chi connectivity index (χ1n) is 10.9. The molecule has 30 heavy (non-hydrogen) atoms. The predicted octanol–water partition coefficient (Wildman–Crippen LogP) is 3.70. The summed E-state index contributed by atoms with van der Waals surface area (Å²) < 4.78 is 4.92. The van der Waals surface area contributed by atoms with Crippen molar-refractivity contribution in [2.75, 3.05) is 26.7 Å². The normalized spacial score (nSPS) is 17.0. The number of aromatic nitrogens is 1. The SMILES string of the molecule is CCCc1c(C(=O)NCC2CCCN(Cc3ccccc3)C2)[nH]c(C)c1C(=O)OC. The molecule has 1 aromatic heterocycles. The van der Waals surface area contributed by atoms with Crippen LogP contribution in [0.4, 0.5) is 0 Å². The topological polar surface area (TPSA) is 74.4 Å². The van der Waals surface area contributed by atoms with Gasteiger partial charge in [-0.3, -0.25) is 9.69 Å². The Hall–Kier alpha value is -2.60. The van der Waals surface area contributed by atoms with Gasteiger partial charge in [0.25, 0.3) is 5.91 Å². The highest BCUT2D eigenvalue weighted by atomic mass is 16.5. The van der Waals surface area contributed by atoms with E-state index in [0.29, 0.717) is 35.8 Å². The van der Waals surface area contributed by atoms with Crippen molar-refractivity contribution in [1.29, 1.82) is 0 Å². The minimum atomic E-state index is -0.393. The quantitative estimate of drug-likeness (QED) is 0.650. The average Bonchev–Trinajstić information content (AvgIpc) is 3.09. The molecular formula is C24H33N3O3. The van der Waals surface area contributed by atoms with E-state index in [1.807, 2.05) is 19.9 Å². The molecular weight excluding hydrogens is 378 g/mol. The molecule has 1 saturated heterocycles. The molecule has 0 bridgehead atoms. The summed E-state index contributed by atoms with van der Waals surface area (Å²) in [7, 11) is 1.37. The number of piperidine rings is 1. The first kappa shape index (κ1) is 22.1. The Morgan fingerprint density at radius 1 is 1.27 bits per heavy atom. The van der Waals surface area contributed by atoms with Crippen molar-refractivity contribution in [3.63, 3.8) is 0 Å². The van der Waals surface area contributed by atoms with Crippen molar-refractivity contribution >= 4 is 11.9 Å². The minimum Gasteiger partial charge on any atom is -0.465 e. The van der Waals surface area contributed by atoms with Crippen molar-refractivity contribution in [3.05, 3.63) is 58.4 Å². The maximum atomic E-state index is 12.9. The number of carbonyl (C=O) groups excluding carboxylic acids is 2. The van der Waals surface area contributed by atoms with Gasteiger partial charge in [0.1, 0.15) is 5.69 Å². The Bertz CT molecular complexity index is 860. The molecule has 1 aromatic carbocycles. The zero-order valence-electron chi connectivity index (χ0n) is 18.3. The number of likely N-dealkylation sites (tertiary alicyclic amines) is 1. The maximum Gasteiger partial charge on any atom is 0.339 e. The van der Waals surface area contributed by atoms with Crippen LogP contribution >= 0.6 is 0 Å². The lowest BCUT2D eigenvalue weighted by Crippen LogP contribution is -2.40. The van der Waals surface area contributed by atoms with Crippen LogP contribution in [-0.2, 0) is 17.7 Å². The summed E-state index contributed by atoms with van der Waals surface area (Å²) in [5.74, 6) is -0.107. The monoisotopic (exact) mass is 411 g/mol. The molecule has 3 rings (SSSR count). The van der Waals surface area contributed by atoms with Gasteiger partial charge in [0.15, 0.2) is 0 Å². The van der Waals surface area contributed by atoms with E-state index in [-0.39, 0.29) is 5.91 Å². The Kier molecular flexibility index (Phi) is 7.69. The van der Waals surface area contributed by atoms with Gasteiger partial charge in [-0.1, -0.05) is 43.7 Å². The van der Waals surface area contributed by atoms with Crippen LogP contribution in [0.15, 0.2) is 30.3 Å². The van der Waals surface area contributed by atoms with E-state index in [1.165, 1.54) is 12.7 Å². The molecule has 2 aromatic rings. The van der Waals surface area contributed by atoms with E-state index in [4.69, 9.17) is 4.74 Å². The van der Waals surface area contributed by atoms with Gasteiger partial charge < -0.3 is 15.0 Å². The standard InChI is InChI=1S/C24H33N3O3/c1-4-9-20-21(24(29)30-3)17(2)26-22(20)23(28)25-14-19-12-8-13-27(16-19)15-18-10-6-5-7-11-18/h5-7,10-11,19,26H,4,8-9,12-16H2,1-3H3,(H,25,28). The molecule has 6 heteroatoms. The Balaban J connectivity index is 1.62. The molecule has 0 aliphatic carbocycles. The third-order valence-corrected chi connectivity index (χ3v) is 5.81. The molecule has 162 valence electrons. The largest absolute Gasteiger partial charge is 0.465 e. The molecule has 1 atom stereocenters. The fourth-order valence-electron chi connectivity index (χ4n) is 4.38. The van der Waals surface area contributed by atoms with Crippen molar-refractivity contribution in [1.82, 2.24) is 15.2 Å². The van der Waals surface area contributed by atoms with Crippen LogP contribution in [0.1, 0.15) is 63.9 Å². The third-order valence-electron chi connectivity index (χ3n) is 5.81. The lowest BCUT2D eigenvalue weighted by molar-refractivity contribution is 0.0599. The van der Waals surface area contributed by atoms with Crippen LogP contribution < -0.4 is 5.32 Å². The highest BCUT2D eigenvalue weighted by Gasteiger charge is 2.26. The summed E-state index contributed by atoms with van der Waals surface area (Å²) in [6.07, 6.45) is 3.76. The van der Waals surface area contributed by atoms with Crippen LogP contribution in [-0.4, -0.2) is 48.5 Å². The van der Waals surface area contributed by atoms with Crippen molar-refractivity contribution in [3.8, 4) is 0 Å². The summed E-state index contributed by atoms with van der Waals surface area (Å²) in [6.45, 7) is 7.51. The number of aryl methyl sites for hydroxylation is 1. The average molecular weight is 412 g/mol. The van der Waals surface area contributed by atoms with E-state index < -0.39 is 5.97 Å². The number of hydrogen-bond donors (Lipinski definition) is 2. The number of H-pyrrole nitrogens is 1. The van der Waals surface area contributed by atoms with Gasteiger partial charge in [-0.05, 0) is 49.8 Å². The number of benzene rings is 1. The number of nitrogens with zero attached hydrogens (tertiary/aromatic N) is 1. The first-order chi connectivity index (χ1) is 14.5. The Morgan fingerprint density at radius 2 is 2.03 bits per heavy atom. The molecule has 1 amide bonds. The minimum absolute atomic E-state index is 0.142. The zero-order chi connectivity index (χ0) is 21.5. The second-order valence-electron chi connectivity index (χ2n) is 8.16. The summed E-state index contributed by atoms with van der Waals surface area (Å²) in [6, 6.07) is 10.5. The Labute approximate surface area is 179 Å². The smallest absolute Gasteiger partial charge is 0.339 e. The highest BCUT2D eigenvalue weighted by molar-refractivity contribution is 6.00. The van der Waals surface area contributed by atoms with Gasteiger partial charge in [0.05, 0.1) is 12.7 Å². The second-order valence-corrected chi connectivity index (χ2v) is 8.16. The number of amides is 1. The van der Waals surface area contributed by atoms with Crippen LogP contribution in [0.5, 0.6) is 0 Å². The first-order valence-corrected chi connectivity index (χ1v) is 10.9. The molecule has 2 heterocycles. The number of rotatable bonds is 8. The number of esters is 1. The van der Waals surface area contributed by atoms with Crippen LogP contribution in [0.25, 0.3) is 0 Å². The number of carbonyl (C=O) groups is 2. The van der Waals surface area contributed by atoms with Gasteiger partial charge in [0.2, 0.25) is 0 Å². The van der Waals surface area contributed by atoms with Gasteiger partial charge >= 0.3 is 5.97 Å². The molecule has 1 aliphatic heterocycles. The highest BCUT2D eigenvalue weighted by Crippen LogP contribution is 2.22. The molecule has 1 aliphatic rings. The molecule has 1 fully saturated rings. The molecule has 1 unspecified atom stereocenters. The number of nitrogens with one attached hydrogen (secondary N) is 2. The molecule has 0 spiro atoms. The maximum absolute atomic E-state index is 12.9. The number of aromatic amines is 1. The van der Waals surface area contributed by atoms with E-state index in [1.54, 1.807) is 0 Å². The van der Waals surface area contributed by atoms with Gasteiger partial charge in [0, 0.05) is 25.3 Å². The number of hydrogen-bond acceptors (Lipinski definition) is 4. The molecule has 6 nitrogen and oxygen atoms in total. The lowest BCUT2D eigenvalue weighted by Gasteiger charge is -2.32. The Morgan fingerprint density at radius 3 is 2.73 bits per heavy atom. The van der Waals surface area contributed by atoms with E-state index >= 15 is 0 Å². The summed E-state index contributed by atoms with van der Waals surface area (Å²) in [5, 5.41) is 3.10. The summed E-state index contributed by atoms with van der Waals surface area (Å²) in [4.78, 5) is 30.7. The van der Waals surface area contributed by atoms with E-state index in [9.17, 15) is 9.59 Å². The number of methoxy groups -OCH3 is 1. The predicted molar refractivity (Wildman–Crippen MR) is 118 cm³/mol. The van der Waals surface area contributed by atoms with Crippen molar-refractivity contribution in [2.45, 2.75) is 46.1 Å². The molecule has 0 saturated carbocycles. The van der Waals surface area contributed by atoms with Crippen LogP contribution in [0.3, 0.4) is 0 Å². The zero-order valence-corrected chi connectivity index (χ0v) is 18.3. The van der Waals surface area contributed by atoms with Crippen molar-refractivity contribution in [2.24, 2.45) is 5.92 Å². The van der Waals surface area contributed by atoms with Crippen molar-refractivity contribution < 1.29 is 14.3 Å². The summed E-state index contributed by atoms with van der Waals surface area (Å²) >= 11 is 0. The summed E-state index contributed by atoms with van der Waals surface area (Å²) in [5.41, 5.74) is 3.75. The third kappa shape index (κ3) is 5.30. The lowest BCUT2D eigenvalue weighted by atomic mass is 9.97. The van der Waals surface area contributed by atoms with Gasteiger partial charge in [-0.2, -0.15) is 0 Å². The molecule has 0 radical (unpaired) electrons. The van der Waals surface area contributed by atoms with E-state index in [0.717, 1.165) is 44.5 Å². The van der Waals surface area contributed by atoms with Crippen LogP contribution in [0, 0.1) is 12.8 Å². The fourth-order valence-corrected chi connectivity index (χ4v) is 4.38. The fraction of sp³-hybridized carbons (Fsp3) is 0.500. The molecule has 2 N–H and O–H groups in total. The van der Waals surface area contributed by atoms with Gasteiger partial charge in [-0.15, -0.1) is 0 Å².